The first-order valence-corrected chi connectivity index (χ1v) is 9.37. The molecule has 1 aliphatic rings. The van der Waals surface area contributed by atoms with Gasteiger partial charge in [0.15, 0.2) is 6.61 Å². The van der Waals surface area contributed by atoms with Gasteiger partial charge in [0.1, 0.15) is 10.7 Å². The number of amides is 1. The van der Waals surface area contributed by atoms with Crippen molar-refractivity contribution >= 4 is 33.3 Å². The fraction of sp³-hybridized carbons (Fsp3) is 0.474. The molecule has 6 heteroatoms. The predicted molar refractivity (Wildman–Crippen MR) is 96.4 cm³/mol. The largest absolute Gasteiger partial charge is 0.451 e. The van der Waals surface area contributed by atoms with Crippen LogP contribution in [0, 0.1) is 12.7 Å². The van der Waals surface area contributed by atoms with Crippen LogP contribution in [0.3, 0.4) is 0 Å². The highest BCUT2D eigenvalue weighted by Gasteiger charge is 2.30. The standard InChI is InChI=1S/C19H22FNO3S/c1-11-6-4-7-12(2)21(11)16(22)10-24-19(23)18-13(3)17-14(20)8-5-9-15(17)25-18/h5,8-9,11-12H,4,6-7,10H2,1-3H3/t11-,12-/m0/s1. The van der Waals surface area contributed by atoms with E-state index < -0.39 is 5.97 Å². The lowest BCUT2D eigenvalue weighted by Crippen LogP contribution is -2.49. The molecule has 1 amide bonds. The van der Waals surface area contributed by atoms with Crippen LogP contribution in [0.15, 0.2) is 18.2 Å². The summed E-state index contributed by atoms with van der Waals surface area (Å²) in [4.78, 5) is 27.0. The van der Waals surface area contributed by atoms with E-state index in [4.69, 9.17) is 4.74 Å². The first-order valence-electron chi connectivity index (χ1n) is 8.56. The molecule has 0 spiro atoms. The molecule has 1 aromatic heterocycles. The van der Waals surface area contributed by atoms with E-state index in [2.05, 4.69) is 0 Å². The van der Waals surface area contributed by atoms with Crippen molar-refractivity contribution in [3.8, 4) is 0 Å². The van der Waals surface area contributed by atoms with Crippen molar-refractivity contribution in [2.45, 2.75) is 52.1 Å². The molecular weight excluding hydrogens is 341 g/mol. The number of ether oxygens (including phenoxy) is 1. The first-order chi connectivity index (χ1) is 11.9. The van der Waals surface area contributed by atoms with Crippen molar-refractivity contribution in [2.75, 3.05) is 6.61 Å². The second-order valence-electron chi connectivity index (χ2n) is 6.68. The van der Waals surface area contributed by atoms with Gasteiger partial charge in [-0.3, -0.25) is 4.79 Å². The van der Waals surface area contributed by atoms with Crippen molar-refractivity contribution in [3.63, 3.8) is 0 Å². The van der Waals surface area contributed by atoms with Gasteiger partial charge < -0.3 is 9.64 Å². The Labute approximate surface area is 150 Å². The molecule has 1 saturated heterocycles. The maximum atomic E-state index is 14.0. The van der Waals surface area contributed by atoms with E-state index in [9.17, 15) is 14.0 Å². The van der Waals surface area contributed by atoms with Crippen LogP contribution in [-0.2, 0) is 9.53 Å². The highest BCUT2D eigenvalue weighted by atomic mass is 32.1. The van der Waals surface area contributed by atoms with Crippen LogP contribution < -0.4 is 0 Å². The number of hydrogen-bond donors (Lipinski definition) is 0. The van der Waals surface area contributed by atoms with Crippen LogP contribution >= 0.6 is 11.3 Å². The Bertz CT molecular complexity index is 806. The van der Waals surface area contributed by atoms with Crippen LogP contribution in [0.1, 0.15) is 48.3 Å². The molecule has 0 aliphatic carbocycles. The van der Waals surface area contributed by atoms with Crippen molar-refractivity contribution in [1.82, 2.24) is 4.90 Å². The third kappa shape index (κ3) is 3.40. The van der Waals surface area contributed by atoms with Gasteiger partial charge in [0.25, 0.3) is 5.91 Å². The van der Waals surface area contributed by atoms with Crippen LogP contribution in [0.2, 0.25) is 0 Å². The molecule has 0 N–H and O–H groups in total. The molecule has 25 heavy (non-hydrogen) atoms. The van der Waals surface area contributed by atoms with Crippen LogP contribution in [0.5, 0.6) is 0 Å². The number of carbonyl (C=O) groups excluding carboxylic acids is 2. The second kappa shape index (κ2) is 7.12. The number of carbonyl (C=O) groups is 2. The molecule has 0 bridgehead atoms. The highest BCUT2D eigenvalue weighted by molar-refractivity contribution is 7.21. The summed E-state index contributed by atoms with van der Waals surface area (Å²) in [7, 11) is 0. The molecule has 2 atom stereocenters. The topological polar surface area (TPSA) is 46.6 Å². The molecule has 134 valence electrons. The number of halogens is 1. The van der Waals surface area contributed by atoms with Crippen LogP contribution in [-0.4, -0.2) is 35.5 Å². The maximum Gasteiger partial charge on any atom is 0.349 e. The number of thiophene rings is 1. The normalized spacial score (nSPS) is 20.7. The average molecular weight is 363 g/mol. The van der Waals surface area contributed by atoms with Crippen LogP contribution in [0.25, 0.3) is 10.1 Å². The fourth-order valence-electron chi connectivity index (χ4n) is 3.63. The number of rotatable bonds is 3. The number of fused-ring (bicyclic) bond motifs is 1. The zero-order valence-corrected chi connectivity index (χ0v) is 15.5. The van der Waals surface area contributed by atoms with E-state index in [1.54, 1.807) is 19.1 Å². The van der Waals surface area contributed by atoms with E-state index >= 15 is 0 Å². The number of esters is 1. The van der Waals surface area contributed by atoms with Gasteiger partial charge in [-0.1, -0.05) is 6.07 Å². The van der Waals surface area contributed by atoms with E-state index in [1.807, 2.05) is 18.7 Å². The minimum atomic E-state index is -0.566. The summed E-state index contributed by atoms with van der Waals surface area (Å²) in [5.41, 5.74) is 0.565. The lowest BCUT2D eigenvalue weighted by molar-refractivity contribution is -0.140. The Morgan fingerprint density at radius 2 is 1.96 bits per heavy atom. The Kier molecular flexibility index (Phi) is 5.08. The first kappa shape index (κ1) is 17.9. The smallest absolute Gasteiger partial charge is 0.349 e. The molecule has 0 unspecified atom stereocenters. The number of hydrogen-bond acceptors (Lipinski definition) is 4. The quantitative estimate of drug-likeness (QED) is 0.764. The molecule has 0 saturated carbocycles. The van der Waals surface area contributed by atoms with E-state index in [1.165, 1.54) is 17.4 Å². The van der Waals surface area contributed by atoms with E-state index in [0.29, 0.717) is 20.5 Å². The lowest BCUT2D eigenvalue weighted by atomic mass is 9.97. The zero-order valence-electron chi connectivity index (χ0n) is 14.7. The number of piperidine rings is 1. The fourth-order valence-corrected chi connectivity index (χ4v) is 4.74. The molecule has 1 fully saturated rings. The Morgan fingerprint density at radius 3 is 2.60 bits per heavy atom. The van der Waals surface area contributed by atoms with Gasteiger partial charge >= 0.3 is 5.97 Å². The molecular formula is C19H22FNO3S. The summed E-state index contributed by atoms with van der Waals surface area (Å²) < 4.78 is 19.9. The third-order valence-corrected chi connectivity index (χ3v) is 6.13. The Hall–Kier alpha value is -1.95. The van der Waals surface area contributed by atoms with Gasteiger partial charge in [0.2, 0.25) is 0 Å². The van der Waals surface area contributed by atoms with Gasteiger partial charge in [0, 0.05) is 22.2 Å². The van der Waals surface area contributed by atoms with Crippen molar-refractivity contribution in [3.05, 3.63) is 34.5 Å². The molecule has 2 heterocycles. The Balaban J connectivity index is 1.72. The zero-order chi connectivity index (χ0) is 18.1. The molecule has 0 radical (unpaired) electrons. The minimum Gasteiger partial charge on any atom is -0.451 e. The number of benzene rings is 1. The number of nitrogens with zero attached hydrogens (tertiary/aromatic N) is 1. The summed E-state index contributed by atoms with van der Waals surface area (Å²) in [6.45, 7) is 5.47. The van der Waals surface area contributed by atoms with E-state index in [-0.39, 0.29) is 30.4 Å². The number of likely N-dealkylation sites (tertiary alicyclic amines) is 1. The van der Waals surface area contributed by atoms with E-state index in [0.717, 1.165) is 19.3 Å². The van der Waals surface area contributed by atoms with Crippen molar-refractivity contribution in [1.29, 1.82) is 0 Å². The molecule has 4 nitrogen and oxygen atoms in total. The highest BCUT2D eigenvalue weighted by Crippen LogP contribution is 2.33. The van der Waals surface area contributed by atoms with Gasteiger partial charge in [-0.2, -0.15) is 0 Å². The summed E-state index contributed by atoms with van der Waals surface area (Å²) in [5, 5.41) is 0.448. The molecule has 1 aliphatic heterocycles. The summed E-state index contributed by atoms with van der Waals surface area (Å²) >= 11 is 1.20. The lowest BCUT2D eigenvalue weighted by Gasteiger charge is -2.38. The molecule has 3 rings (SSSR count). The van der Waals surface area contributed by atoms with Gasteiger partial charge in [-0.15, -0.1) is 11.3 Å². The van der Waals surface area contributed by atoms with Crippen molar-refractivity contribution < 1.29 is 18.7 Å². The number of aryl methyl sites for hydroxylation is 1. The van der Waals surface area contributed by atoms with Crippen LogP contribution in [0.4, 0.5) is 4.39 Å². The predicted octanol–water partition coefficient (Wildman–Crippen LogP) is 4.30. The average Bonchev–Trinajstić information content (AvgIpc) is 2.91. The van der Waals surface area contributed by atoms with Gasteiger partial charge in [-0.05, 0) is 57.7 Å². The summed E-state index contributed by atoms with van der Waals surface area (Å²) in [6.07, 6.45) is 3.05. The third-order valence-electron chi connectivity index (χ3n) is 4.90. The minimum absolute atomic E-state index is 0.162. The summed E-state index contributed by atoms with van der Waals surface area (Å²) in [6, 6.07) is 5.09. The van der Waals surface area contributed by atoms with Gasteiger partial charge in [0.05, 0.1) is 0 Å². The van der Waals surface area contributed by atoms with Gasteiger partial charge in [-0.25, -0.2) is 9.18 Å². The van der Waals surface area contributed by atoms with Crippen molar-refractivity contribution in [2.24, 2.45) is 0 Å². The summed E-state index contributed by atoms with van der Waals surface area (Å²) in [5.74, 6) is -1.08. The monoisotopic (exact) mass is 363 g/mol. The SMILES string of the molecule is Cc1c(C(=O)OCC(=O)N2[C@@H](C)CCC[C@@H]2C)sc2cccc(F)c12. The maximum absolute atomic E-state index is 14.0. The molecule has 2 aromatic rings. The molecule has 1 aromatic carbocycles. The second-order valence-corrected chi connectivity index (χ2v) is 7.73. The Morgan fingerprint density at radius 1 is 1.28 bits per heavy atom.